The number of H-pyrrole nitrogens is 1. The molecule has 1 heterocycles. The zero-order chi connectivity index (χ0) is 22.5. The summed E-state index contributed by atoms with van der Waals surface area (Å²) in [6.07, 6.45) is 1.37. The number of fused-ring (bicyclic) bond motifs is 1. The number of benzene rings is 3. The van der Waals surface area contributed by atoms with Crippen LogP contribution in [0.2, 0.25) is 0 Å². The molecule has 1 aromatic heterocycles. The number of para-hydroxylation sites is 1. The molecule has 160 valence electrons. The van der Waals surface area contributed by atoms with E-state index in [1.807, 2.05) is 0 Å². The van der Waals surface area contributed by atoms with Gasteiger partial charge in [0.15, 0.2) is 6.61 Å². The van der Waals surface area contributed by atoms with E-state index in [0.717, 1.165) is 4.68 Å². The summed E-state index contributed by atoms with van der Waals surface area (Å²) in [6.45, 7) is -0.258. The number of halogens is 1. The number of aromatic amines is 1. The number of nitrogens with zero attached hydrogens (tertiary/aromatic N) is 2. The SMILES string of the molecule is O=C(COc1ccc(C=Nn2c(=O)[nH]c3ccccc3c2=O)cc1)Nc1cccc(F)c1. The Morgan fingerprint density at radius 3 is 2.62 bits per heavy atom. The normalized spacial score (nSPS) is 11.0. The Morgan fingerprint density at radius 1 is 1.06 bits per heavy atom. The molecule has 0 saturated heterocycles. The van der Waals surface area contributed by atoms with Crippen molar-refractivity contribution in [3.8, 4) is 5.75 Å². The van der Waals surface area contributed by atoms with Gasteiger partial charge < -0.3 is 15.0 Å². The standard InChI is InChI=1S/C23H17FN4O4/c24-16-4-3-5-17(12-16)26-21(29)14-32-18-10-8-15(9-11-18)13-25-28-22(30)19-6-1-2-7-20(19)27-23(28)31/h1-13H,14H2,(H,26,29)(H,27,31). The molecule has 0 aliphatic carbocycles. The van der Waals surface area contributed by atoms with Crippen LogP contribution < -0.4 is 21.3 Å². The minimum atomic E-state index is -0.644. The Hall–Kier alpha value is -4.53. The van der Waals surface area contributed by atoms with Crippen LogP contribution in [0.25, 0.3) is 10.9 Å². The summed E-state index contributed by atoms with van der Waals surface area (Å²) in [6, 6.07) is 18.8. The summed E-state index contributed by atoms with van der Waals surface area (Å²) in [5.74, 6) is -0.456. The van der Waals surface area contributed by atoms with Crippen molar-refractivity contribution in [1.82, 2.24) is 9.66 Å². The monoisotopic (exact) mass is 432 g/mol. The number of nitrogens with one attached hydrogen (secondary N) is 2. The van der Waals surface area contributed by atoms with Crippen LogP contribution in [-0.4, -0.2) is 28.4 Å². The minimum Gasteiger partial charge on any atom is -0.484 e. The molecule has 8 nitrogen and oxygen atoms in total. The average molecular weight is 432 g/mol. The number of ether oxygens (including phenoxy) is 1. The van der Waals surface area contributed by atoms with Gasteiger partial charge in [0.25, 0.3) is 11.5 Å². The van der Waals surface area contributed by atoms with Crippen LogP contribution >= 0.6 is 0 Å². The Balaban J connectivity index is 1.40. The third kappa shape index (κ3) is 4.78. The third-order valence-corrected chi connectivity index (χ3v) is 4.46. The molecule has 1 amide bonds. The molecule has 0 aliphatic rings. The molecule has 0 fully saturated rings. The maximum atomic E-state index is 13.2. The van der Waals surface area contributed by atoms with Gasteiger partial charge in [-0.25, -0.2) is 9.18 Å². The van der Waals surface area contributed by atoms with Crippen LogP contribution in [0.4, 0.5) is 10.1 Å². The Morgan fingerprint density at radius 2 is 1.84 bits per heavy atom. The summed E-state index contributed by atoms with van der Waals surface area (Å²) in [4.78, 5) is 39.2. The lowest BCUT2D eigenvalue weighted by molar-refractivity contribution is -0.118. The van der Waals surface area contributed by atoms with E-state index in [1.54, 1.807) is 54.6 Å². The zero-order valence-corrected chi connectivity index (χ0v) is 16.6. The smallest absolute Gasteiger partial charge is 0.349 e. The molecule has 0 saturated carbocycles. The quantitative estimate of drug-likeness (QED) is 0.457. The van der Waals surface area contributed by atoms with Crippen molar-refractivity contribution in [3.63, 3.8) is 0 Å². The highest BCUT2D eigenvalue weighted by Gasteiger charge is 2.06. The van der Waals surface area contributed by atoms with Crippen LogP contribution in [0.3, 0.4) is 0 Å². The van der Waals surface area contributed by atoms with Crippen LogP contribution in [-0.2, 0) is 4.79 Å². The van der Waals surface area contributed by atoms with E-state index < -0.39 is 23.0 Å². The van der Waals surface area contributed by atoms with E-state index in [-0.39, 0.29) is 6.61 Å². The number of rotatable bonds is 6. The van der Waals surface area contributed by atoms with Crippen LogP contribution in [0, 0.1) is 5.82 Å². The van der Waals surface area contributed by atoms with Gasteiger partial charge >= 0.3 is 5.69 Å². The molecule has 2 N–H and O–H groups in total. The van der Waals surface area contributed by atoms with E-state index in [1.165, 1.54) is 24.4 Å². The lowest BCUT2D eigenvalue weighted by atomic mass is 10.2. The number of amides is 1. The first-order valence-electron chi connectivity index (χ1n) is 9.56. The van der Waals surface area contributed by atoms with Crippen molar-refractivity contribution in [2.45, 2.75) is 0 Å². The number of carbonyl (C=O) groups is 1. The Labute approximate surface area is 180 Å². The summed E-state index contributed by atoms with van der Waals surface area (Å²) in [7, 11) is 0. The number of anilines is 1. The predicted molar refractivity (Wildman–Crippen MR) is 119 cm³/mol. The van der Waals surface area contributed by atoms with E-state index in [9.17, 15) is 18.8 Å². The Bertz CT molecular complexity index is 1420. The summed E-state index contributed by atoms with van der Waals surface area (Å²) >= 11 is 0. The van der Waals surface area contributed by atoms with Gasteiger partial charge in [-0.15, -0.1) is 4.68 Å². The molecule has 4 aromatic rings. The van der Waals surface area contributed by atoms with Crippen molar-refractivity contribution in [2.75, 3.05) is 11.9 Å². The predicted octanol–water partition coefficient (Wildman–Crippen LogP) is 2.73. The van der Waals surface area contributed by atoms with Gasteiger partial charge in [0.05, 0.1) is 17.1 Å². The molecule has 0 radical (unpaired) electrons. The summed E-state index contributed by atoms with van der Waals surface area (Å²) in [5.41, 5.74) is 0.223. The van der Waals surface area contributed by atoms with Crippen LogP contribution in [0.5, 0.6) is 5.75 Å². The van der Waals surface area contributed by atoms with Crippen LogP contribution in [0.15, 0.2) is 87.5 Å². The molecular formula is C23H17FN4O4. The maximum Gasteiger partial charge on any atom is 0.349 e. The first-order chi connectivity index (χ1) is 15.5. The highest BCUT2D eigenvalue weighted by Crippen LogP contribution is 2.12. The summed E-state index contributed by atoms with van der Waals surface area (Å²) < 4.78 is 19.3. The zero-order valence-electron chi connectivity index (χ0n) is 16.6. The van der Waals surface area contributed by atoms with Gasteiger partial charge in [0.1, 0.15) is 11.6 Å². The fraction of sp³-hybridized carbons (Fsp3) is 0.0435. The molecule has 0 bridgehead atoms. The van der Waals surface area contributed by atoms with E-state index >= 15 is 0 Å². The first kappa shape index (κ1) is 20.7. The lowest BCUT2D eigenvalue weighted by Crippen LogP contribution is -2.32. The number of hydrogen-bond acceptors (Lipinski definition) is 5. The maximum absolute atomic E-state index is 13.2. The van der Waals surface area contributed by atoms with Crippen molar-refractivity contribution in [3.05, 3.63) is 105 Å². The number of carbonyl (C=O) groups excluding carboxylic acids is 1. The van der Waals surface area contributed by atoms with Crippen LogP contribution in [0.1, 0.15) is 5.56 Å². The Kier molecular flexibility index (Phi) is 5.89. The van der Waals surface area contributed by atoms with Gasteiger partial charge in [-0.1, -0.05) is 18.2 Å². The minimum absolute atomic E-state index is 0.258. The third-order valence-electron chi connectivity index (χ3n) is 4.46. The first-order valence-corrected chi connectivity index (χ1v) is 9.56. The van der Waals surface area contributed by atoms with Gasteiger partial charge in [-0.3, -0.25) is 9.59 Å². The second kappa shape index (κ2) is 9.09. The highest BCUT2D eigenvalue weighted by molar-refractivity contribution is 5.91. The van der Waals surface area contributed by atoms with E-state index in [0.29, 0.717) is 27.9 Å². The van der Waals surface area contributed by atoms with Gasteiger partial charge in [0.2, 0.25) is 0 Å². The largest absolute Gasteiger partial charge is 0.484 e. The molecule has 32 heavy (non-hydrogen) atoms. The number of aromatic nitrogens is 2. The van der Waals surface area contributed by atoms with Crippen molar-refractivity contribution in [2.24, 2.45) is 5.10 Å². The molecular weight excluding hydrogens is 415 g/mol. The van der Waals surface area contributed by atoms with Crippen molar-refractivity contribution in [1.29, 1.82) is 0 Å². The molecule has 0 aliphatic heterocycles. The fourth-order valence-electron chi connectivity index (χ4n) is 2.94. The number of hydrogen-bond donors (Lipinski definition) is 2. The van der Waals surface area contributed by atoms with Gasteiger partial charge in [-0.2, -0.15) is 5.10 Å². The molecule has 4 rings (SSSR count). The molecule has 3 aromatic carbocycles. The average Bonchev–Trinajstić information content (AvgIpc) is 2.78. The van der Waals surface area contributed by atoms with Crippen molar-refractivity contribution >= 4 is 28.7 Å². The lowest BCUT2D eigenvalue weighted by Gasteiger charge is -2.08. The fourth-order valence-corrected chi connectivity index (χ4v) is 2.94. The molecule has 0 spiro atoms. The van der Waals surface area contributed by atoms with Gasteiger partial charge in [-0.05, 0) is 60.2 Å². The van der Waals surface area contributed by atoms with Crippen molar-refractivity contribution < 1.29 is 13.9 Å². The second-order valence-corrected chi connectivity index (χ2v) is 6.75. The molecule has 0 unspecified atom stereocenters. The van der Waals surface area contributed by atoms with E-state index in [2.05, 4.69) is 15.4 Å². The van der Waals surface area contributed by atoms with Gasteiger partial charge in [0, 0.05) is 5.69 Å². The molecule has 0 atom stereocenters. The topological polar surface area (TPSA) is 106 Å². The van der Waals surface area contributed by atoms with E-state index in [4.69, 9.17) is 4.74 Å². The highest BCUT2D eigenvalue weighted by atomic mass is 19.1. The summed E-state index contributed by atoms with van der Waals surface area (Å²) in [5, 5.41) is 6.87. The molecule has 9 heteroatoms. The second-order valence-electron chi connectivity index (χ2n) is 6.75.